The number of ether oxygens (including phenoxy) is 5. The highest BCUT2D eigenvalue weighted by molar-refractivity contribution is 5.73. The van der Waals surface area contributed by atoms with Gasteiger partial charge in [-0.2, -0.15) is 0 Å². The minimum Gasteiger partial charge on any atom is -0.463 e. The van der Waals surface area contributed by atoms with Gasteiger partial charge in [0.2, 0.25) is 5.91 Å². The first-order chi connectivity index (χ1) is 16.8. The molecule has 2 aromatic carbocycles. The van der Waals surface area contributed by atoms with Crippen LogP contribution in [0.4, 0.5) is 0 Å². The van der Waals surface area contributed by atoms with Crippen LogP contribution in [0.15, 0.2) is 60.7 Å². The molecule has 0 radical (unpaired) electrons. The number of rotatable bonds is 10. The first-order valence-electron chi connectivity index (χ1n) is 11.4. The molecule has 1 fully saturated rings. The molecule has 188 valence electrons. The molecular formula is C26H31NO8. The Balaban J connectivity index is 1.90. The standard InChI is InChI=1S/C26H31NO8/c1-17(28)27-23-25(32-14-20-10-6-4-7-11-20)24(34-19(3)30)22(16-31-18(2)29)35-26(23)33-15-21-12-8-5-9-13-21/h4-13,22-26H,14-16H2,1-3H3,(H,27,28)/t22-,23-,24-,25-,26-/m1/s1. The van der Waals surface area contributed by atoms with Gasteiger partial charge in [0.15, 0.2) is 12.4 Å². The first kappa shape index (κ1) is 26.3. The van der Waals surface area contributed by atoms with Crippen LogP contribution in [0, 0.1) is 0 Å². The highest BCUT2D eigenvalue weighted by atomic mass is 16.7. The van der Waals surface area contributed by atoms with Crippen LogP contribution in [0.5, 0.6) is 0 Å². The summed E-state index contributed by atoms with van der Waals surface area (Å²) in [4.78, 5) is 35.6. The highest BCUT2D eigenvalue weighted by Crippen LogP contribution is 2.29. The molecule has 9 nitrogen and oxygen atoms in total. The van der Waals surface area contributed by atoms with E-state index >= 15 is 0 Å². The monoisotopic (exact) mass is 485 g/mol. The number of benzene rings is 2. The molecule has 0 saturated carbocycles. The van der Waals surface area contributed by atoms with E-state index in [1.54, 1.807) is 0 Å². The quantitative estimate of drug-likeness (QED) is 0.512. The van der Waals surface area contributed by atoms with Gasteiger partial charge in [-0.15, -0.1) is 0 Å². The first-order valence-corrected chi connectivity index (χ1v) is 11.4. The zero-order valence-electron chi connectivity index (χ0n) is 20.0. The zero-order valence-corrected chi connectivity index (χ0v) is 20.0. The minimum atomic E-state index is -0.969. The summed E-state index contributed by atoms with van der Waals surface area (Å²) in [6.07, 6.45) is -3.66. The number of esters is 2. The van der Waals surface area contributed by atoms with Crippen LogP contribution < -0.4 is 5.32 Å². The van der Waals surface area contributed by atoms with Crippen LogP contribution in [0.25, 0.3) is 0 Å². The van der Waals surface area contributed by atoms with Crippen LogP contribution in [0.3, 0.4) is 0 Å². The van der Waals surface area contributed by atoms with Crippen molar-refractivity contribution in [1.29, 1.82) is 0 Å². The Hall–Kier alpha value is -3.27. The fraction of sp³-hybridized carbons (Fsp3) is 0.423. The Morgan fingerprint density at radius 3 is 1.89 bits per heavy atom. The molecule has 0 spiro atoms. The molecule has 0 aromatic heterocycles. The maximum absolute atomic E-state index is 12.1. The third kappa shape index (κ3) is 8.17. The van der Waals surface area contributed by atoms with Gasteiger partial charge < -0.3 is 29.0 Å². The van der Waals surface area contributed by atoms with E-state index < -0.39 is 42.6 Å². The van der Waals surface area contributed by atoms with Crippen molar-refractivity contribution in [3.63, 3.8) is 0 Å². The van der Waals surface area contributed by atoms with E-state index in [1.165, 1.54) is 20.8 Å². The third-order valence-electron chi connectivity index (χ3n) is 5.31. The van der Waals surface area contributed by atoms with E-state index in [-0.39, 0.29) is 25.7 Å². The second kappa shape index (κ2) is 13.0. The summed E-state index contributed by atoms with van der Waals surface area (Å²) >= 11 is 0. The minimum absolute atomic E-state index is 0.184. The average Bonchev–Trinajstić information content (AvgIpc) is 2.83. The lowest BCUT2D eigenvalue weighted by atomic mass is 9.96. The van der Waals surface area contributed by atoms with Gasteiger partial charge in [0, 0.05) is 20.8 Å². The predicted octanol–water partition coefficient (Wildman–Crippen LogP) is 2.51. The molecule has 0 aliphatic carbocycles. The van der Waals surface area contributed by atoms with E-state index in [0.717, 1.165) is 11.1 Å². The van der Waals surface area contributed by atoms with Crippen molar-refractivity contribution in [3.05, 3.63) is 71.8 Å². The van der Waals surface area contributed by atoms with E-state index in [4.69, 9.17) is 23.7 Å². The van der Waals surface area contributed by atoms with Gasteiger partial charge in [-0.05, 0) is 11.1 Å². The van der Waals surface area contributed by atoms with Crippen LogP contribution in [-0.2, 0) is 51.3 Å². The molecular weight excluding hydrogens is 454 g/mol. The van der Waals surface area contributed by atoms with Crippen LogP contribution in [0.2, 0.25) is 0 Å². The second-order valence-corrected chi connectivity index (χ2v) is 8.20. The van der Waals surface area contributed by atoms with Crippen molar-refractivity contribution in [2.75, 3.05) is 6.61 Å². The summed E-state index contributed by atoms with van der Waals surface area (Å²) in [5, 5.41) is 2.83. The largest absolute Gasteiger partial charge is 0.463 e. The van der Waals surface area contributed by atoms with Crippen molar-refractivity contribution in [2.24, 2.45) is 0 Å². The van der Waals surface area contributed by atoms with Gasteiger partial charge >= 0.3 is 11.9 Å². The number of carbonyl (C=O) groups excluding carboxylic acids is 3. The average molecular weight is 486 g/mol. The van der Waals surface area contributed by atoms with Gasteiger partial charge in [-0.3, -0.25) is 14.4 Å². The van der Waals surface area contributed by atoms with E-state index in [9.17, 15) is 14.4 Å². The highest BCUT2D eigenvalue weighted by Gasteiger charge is 2.50. The van der Waals surface area contributed by atoms with Gasteiger partial charge in [0.1, 0.15) is 24.9 Å². The number of amides is 1. The molecule has 9 heteroatoms. The topological polar surface area (TPSA) is 109 Å². The molecule has 1 heterocycles. The Labute approximate surface area is 204 Å². The Morgan fingerprint density at radius 1 is 0.800 bits per heavy atom. The zero-order chi connectivity index (χ0) is 25.2. The Kier molecular flexibility index (Phi) is 9.77. The van der Waals surface area contributed by atoms with Crippen molar-refractivity contribution >= 4 is 17.8 Å². The maximum atomic E-state index is 12.1. The molecule has 1 amide bonds. The summed E-state index contributed by atoms with van der Waals surface area (Å²) in [5.74, 6) is -1.41. The molecule has 0 unspecified atom stereocenters. The smallest absolute Gasteiger partial charge is 0.303 e. The van der Waals surface area contributed by atoms with Crippen LogP contribution in [-0.4, -0.2) is 55.1 Å². The predicted molar refractivity (Wildman–Crippen MR) is 125 cm³/mol. The number of hydrogen-bond acceptors (Lipinski definition) is 8. The molecule has 1 aliphatic heterocycles. The normalized spacial score (nSPS) is 23.8. The van der Waals surface area contributed by atoms with E-state index in [0.29, 0.717) is 0 Å². The Morgan fingerprint density at radius 2 is 1.37 bits per heavy atom. The van der Waals surface area contributed by atoms with E-state index in [1.807, 2.05) is 60.7 Å². The molecule has 3 rings (SSSR count). The molecule has 1 N–H and O–H groups in total. The van der Waals surface area contributed by atoms with Gasteiger partial charge in [0.05, 0.1) is 13.2 Å². The summed E-state index contributed by atoms with van der Waals surface area (Å²) in [6, 6.07) is 18.1. The summed E-state index contributed by atoms with van der Waals surface area (Å²) in [5.41, 5.74) is 1.79. The van der Waals surface area contributed by atoms with Crippen molar-refractivity contribution in [3.8, 4) is 0 Å². The molecule has 1 saturated heterocycles. The summed E-state index contributed by atoms with van der Waals surface area (Å²) < 4.78 is 29.1. The molecule has 2 aromatic rings. The lowest BCUT2D eigenvalue weighted by molar-refractivity contribution is -0.285. The number of hydrogen-bond donors (Lipinski definition) is 1. The number of carbonyl (C=O) groups is 3. The molecule has 35 heavy (non-hydrogen) atoms. The van der Waals surface area contributed by atoms with Gasteiger partial charge in [0.25, 0.3) is 0 Å². The van der Waals surface area contributed by atoms with Crippen molar-refractivity contribution < 1.29 is 38.1 Å². The lowest BCUT2D eigenvalue weighted by Crippen LogP contribution is -2.66. The SMILES string of the molecule is CC(=O)N[C@H]1[C@H](OCc2ccccc2)O[C@H](COC(C)=O)[C@@H](OC(C)=O)[C@@H]1OCc1ccccc1. The number of nitrogens with one attached hydrogen (secondary N) is 1. The summed E-state index contributed by atoms with van der Waals surface area (Å²) in [7, 11) is 0. The lowest BCUT2D eigenvalue weighted by Gasteiger charge is -2.45. The molecule has 0 bridgehead atoms. The van der Waals surface area contributed by atoms with Crippen LogP contribution >= 0.6 is 0 Å². The van der Waals surface area contributed by atoms with Crippen LogP contribution in [0.1, 0.15) is 31.9 Å². The maximum Gasteiger partial charge on any atom is 0.303 e. The molecule has 1 aliphatic rings. The van der Waals surface area contributed by atoms with Gasteiger partial charge in [-0.1, -0.05) is 60.7 Å². The van der Waals surface area contributed by atoms with Crippen molar-refractivity contribution in [2.45, 2.75) is 64.6 Å². The summed E-state index contributed by atoms with van der Waals surface area (Å²) in [6.45, 7) is 4.11. The fourth-order valence-corrected chi connectivity index (χ4v) is 3.82. The molecule has 5 atom stereocenters. The fourth-order valence-electron chi connectivity index (χ4n) is 3.82. The van der Waals surface area contributed by atoms with Gasteiger partial charge in [-0.25, -0.2) is 0 Å². The Bertz CT molecular complexity index is 968. The third-order valence-corrected chi connectivity index (χ3v) is 5.31. The van der Waals surface area contributed by atoms with Crippen molar-refractivity contribution in [1.82, 2.24) is 5.32 Å². The second-order valence-electron chi connectivity index (χ2n) is 8.20. The van der Waals surface area contributed by atoms with E-state index in [2.05, 4.69) is 5.32 Å².